The summed E-state index contributed by atoms with van der Waals surface area (Å²) in [6.07, 6.45) is 1.59. The Morgan fingerprint density at radius 1 is 1.42 bits per heavy atom. The number of hydrogen-bond donors (Lipinski definition) is 3. The molecule has 1 amide bonds. The van der Waals surface area contributed by atoms with Crippen molar-refractivity contribution in [3.63, 3.8) is 0 Å². The Morgan fingerprint density at radius 2 is 2.16 bits per heavy atom. The van der Waals surface area contributed by atoms with Crippen LogP contribution in [0.2, 0.25) is 0 Å². The van der Waals surface area contributed by atoms with Crippen molar-refractivity contribution in [2.24, 2.45) is 11.6 Å². The van der Waals surface area contributed by atoms with E-state index in [0.717, 1.165) is 6.42 Å². The molecular formula is C10H18N8O. The molecule has 0 radical (unpaired) electrons. The number of carbonyl (C=O) groups excluding carboxylic acids is 1. The van der Waals surface area contributed by atoms with Crippen molar-refractivity contribution in [1.82, 2.24) is 15.0 Å². The molecule has 2 rings (SSSR count). The molecule has 0 bridgehead atoms. The van der Waals surface area contributed by atoms with Gasteiger partial charge in [-0.3, -0.25) is 10.2 Å². The SMILES string of the molecule is CN(C)c1nc(NN)nc(N2CCCC2C(N)=O)n1. The number of nitrogens with one attached hydrogen (secondary N) is 1. The quantitative estimate of drug-likeness (QED) is 0.452. The maximum atomic E-state index is 11.4. The first-order valence-corrected chi connectivity index (χ1v) is 5.99. The lowest BCUT2D eigenvalue weighted by Gasteiger charge is -2.23. The number of hydrazine groups is 1. The third-order valence-electron chi connectivity index (χ3n) is 2.98. The lowest BCUT2D eigenvalue weighted by atomic mass is 10.2. The fraction of sp³-hybridized carbons (Fsp3) is 0.600. The monoisotopic (exact) mass is 266 g/mol. The van der Waals surface area contributed by atoms with Crippen molar-refractivity contribution < 1.29 is 4.79 Å². The van der Waals surface area contributed by atoms with Crippen molar-refractivity contribution in [1.29, 1.82) is 0 Å². The normalized spacial score (nSPS) is 18.5. The Morgan fingerprint density at radius 3 is 2.74 bits per heavy atom. The minimum atomic E-state index is -0.372. The lowest BCUT2D eigenvalue weighted by molar-refractivity contribution is -0.119. The Kier molecular flexibility index (Phi) is 3.65. The van der Waals surface area contributed by atoms with E-state index >= 15 is 0 Å². The number of hydrogen-bond acceptors (Lipinski definition) is 8. The minimum absolute atomic E-state index is 0.254. The average molecular weight is 266 g/mol. The van der Waals surface area contributed by atoms with Gasteiger partial charge in [-0.1, -0.05) is 0 Å². The summed E-state index contributed by atoms with van der Waals surface area (Å²) in [4.78, 5) is 27.6. The van der Waals surface area contributed by atoms with Gasteiger partial charge in [-0.15, -0.1) is 0 Å². The largest absolute Gasteiger partial charge is 0.368 e. The van der Waals surface area contributed by atoms with Crippen molar-refractivity contribution in [2.75, 3.05) is 35.9 Å². The molecular weight excluding hydrogens is 248 g/mol. The van der Waals surface area contributed by atoms with E-state index in [-0.39, 0.29) is 17.9 Å². The molecule has 1 aromatic heterocycles. The van der Waals surface area contributed by atoms with Gasteiger partial charge in [0.05, 0.1) is 0 Å². The van der Waals surface area contributed by atoms with Gasteiger partial charge in [-0.05, 0) is 12.8 Å². The van der Waals surface area contributed by atoms with Crippen molar-refractivity contribution in [3.8, 4) is 0 Å². The van der Waals surface area contributed by atoms with E-state index in [9.17, 15) is 4.79 Å². The third kappa shape index (κ3) is 2.65. The number of primary amides is 1. The van der Waals surface area contributed by atoms with Gasteiger partial charge in [0.15, 0.2) is 0 Å². The van der Waals surface area contributed by atoms with Crippen LogP contribution >= 0.6 is 0 Å². The molecule has 1 unspecified atom stereocenters. The topological polar surface area (TPSA) is 126 Å². The highest BCUT2D eigenvalue weighted by Gasteiger charge is 2.31. The average Bonchev–Trinajstić information content (AvgIpc) is 2.87. The Balaban J connectivity index is 2.38. The van der Waals surface area contributed by atoms with E-state index < -0.39 is 0 Å². The van der Waals surface area contributed by atoms with E-state index in [0.29, 0.717) is 24.9 Å². The van der Waals surface area contributed by atoms with Crippen LogP contribution in [0.25, 0.3) is 0 Å². The zero-order valence-corrected chi connectivity index (χ0v) is 11.0. The number of rotatable bonds is 4. The zero-order valence-electron chi connectivity index (χ0n) is 11.0. The summed E-state index contributed by atoms with van der Waals surface area (Å²) in [6, 6.07) is -0.372. The van der Waals surface area contributed by atoms with Crippen LogP contribution in [-0.4, -0.2) is 47.5 Å². The molecule has 9 nitrogen and oxygen atoms in total. The van der Waals surface area contributed by atoms with E-state index in [1.165, 1.54) is 0 Å². The van der Waals surface area contributed by atoms with Gasteiger partial charge in [-0.2, -0.15) is 15.0 Å². The van der Waals surface area contributed by atoms with Crippen LogP contribution in [0, 0.1) is 0 Å². The van der Waals surface area contributed by atoms with Gasteiger partial charge >= 0.3 is 0 Å². The highest BCUT2D eigenvalue weighted by Crippen LogP contribution is 2.24. The molecule has 19 heavy (non-hydrogen) atoms. The molecule has 0 aliphatic carbocycles. The fourth-order valence-electron chi connectivity index (χ4n) is 2.05. The van der Waals surface area contributed by atoms with Crippen LogP contribution in [0.5, 0.6) is 0 Å². The van der Waals surface area contributed by atoms with Crippen LogP contribution in [-0.2, 0) is 4.79 Å². The third-order valence-corrected chi connectivity index (χ3v) is 2.98. The molecule has 0 aromatic carbocycles. The van der Waals surface area contributed by atoms with Crippen LogP contribution in [0.15, 0.2) is 0 Å². The number of aromatic nitrogens is 3. The summed E-state index contributed by atoms with van der Waals surface area (Å²) >= 11 is 0. The van der Waals surface area contributed by atoms with Gasteiger partial charge < -0.3 is 15.5 Å². The van der Waals surface area contributed by atoms with Gasteiger partial charge in [0.25, 0.3) is 0 Å². The standard InChI is InChI=1S/C10H18N8O/c1-17(2)9-13-8(16-12)14-10(15-9)18-5-3-4-6(18)7(11)19/h6H,3-5,12H2,1-2H3,(H2,11,19)(H,13,14,15,16). The number of carbonyl (C=O) groups is 1. The number of nitrogens with two attached hydrogens (primary N) is 2. The molecule has 5 N–H and O–H groups in total. The number of amides is 1. The van der Waals surface area contributed by atoms with Gasteiger partial charge in [0, 0.05) is 20.6 Å². The summed E-state index contributed by atoms with van der Waals surface area (Å²) in [6.45, 7) is 0.689. The first-order chi connectivity index (χ1) is 9.02. The molecule has 1 aromatic rings. The molecule has 1 atom stereocenters. The van der Waals surface area contributed by atoms with Gasteiger partial charge in [-0.25, -0.2) is 5.84 Å². The maximum absolute atomic E-state index is 11.4. The second-order valence-corrected chi connectivity index (χ2v) is 4.55. The van der Waals surface area contributed by atoms with E-state index in [2.05, 4.69) is 20.4 Å². The Labute approximate surface area is 111 Å². The molecule has 2 heterocycles. The first kappa shape index (κ1) is 13.3. The summed E-state index contributed by atoms with van der Waals surface area (Å²) in [5, 5.41) is 0. The zero-order chi connectivity index (χ0) is 14.0. The van der Waals surface area contributed by atoms with Crippen LogP contribution in [0.4, 0.5) is 17.8 Å². The number of anilines is 3. The second-order valence-electron chi connectivity index (χ2n) is 4.55. The van der Waals surface area contributed by atoms with E-state index in [1.807, 2.05) is 14.1 Å². The summed E-state index contributed by atoms with van der Waals surface area (Å²) in [5.41, 5.74) is 7.79. The highest BCUT2D eigenvalue weighted by atomic mass is 16.1. The maximum Gasteiger partial charge on any atom is 0.243 e. The summed E-state index contributed by atoms with van der Waals surface area (Å²) in [5.74, 6) is 6.11. The van der Waals surface area contributed by atoms with Crippen LogP contribution in [0.3, 0.4) is 0 Å². The minimum Gasteiger partial charge on any atom is -0.368 e. The highest BCUT2D eigenvalue weighted by molar-refractivity contribution is 5.83. The smallest absolute Gasteiger partial charge is 0.243 e. The van der Waals surface area contributed by atoms with E-state index in [4.69, 9.17) is 11.6 Å². The second kappa shape index (κ2) is 5.22. The molecule has 1 aliphatic heterocycles. The number of nitrogen functional groups attached to an aromatic ring is 1. The van der Waals surface area contributed by atoms with Gasteiger partial charge in [0.2, 0.25) is 23.8 Å². The fourth-order valence-corrected chi connectivity index (χ4v) is 2.05. The molecule has 9 heteroatoms. The molecule has 1 fully saturated rings. The molecule has 1 saturated heterocycles. The Hall–Kier alpha value is -2.16. The molecule has 104 valence electrons. The predicted octanol–water partition coefficient (Wildman–Crippen LogP) is -1.32. The summed E-state index contributed by atoms with van der Waals surface area (Å²) < 4.78 is 0. The molecule has 0 spiro atoms. The lowest BCUT2D eigenvalue weighted by Crippen LogP contribution is -2.41. The van der Waals surface area contributed by atoms with E-state index in [1.54, 1.807) is 9.80 Å². The van der Waals surface area contributed by atoms with Crippen molar-refractivity contribution >= 4 is 23.8 Å². The predicted molar refractivity (Wildman–Crippen MR) is 71.5 cm³/mol. The Bertz CT molecular complexity index is 477. The van der Waals surface area contributed by atoms with Crippen LogP contribution in [0.1, 0.15) is 12.8 Å². The first-order valence-electron chi connectivity index (χ1n) is 5.99. The number of nitrogens with zero attached hydrogens (tertiary/aromatic N) is 5. The van der Waals surface area contributed by atoms with Crippen molar-refractivity contribution in [3.05, 3.63) is 0 Å². The summed E-state index contributed by atoms with van der Waals surface area (Å²) in [7, 11) is 3.63. The van der Waals surface area contributed by atoms with Crippen molar-refractivity contribution in [2.45, 2.75) is 18.9 Å². The molecule has 1 aliphatic rings. The van der Waals surface area contributed by atoms with Crippen LogP contribution < -0.4 is 26.8 Å². The van der Waals surface area contributed by atoms with Gasteiger partial charge in [0.1, 0.15) is 6.04 Å². The molecule has 0 saturated carbocycles.